The van der Waals surface area contributed by atoms with Gasteiger partial charge in [0.25, 0.3) is 0 Å². The van der Waals surface area contributed by atoms with Gasteiger partial charge in [-0.1, -0.05) is 0 Å². The number of nitrogens with two attached hydrogens (primary N) is 1. The zero-order valence-corrected chi connectivity index (χ0v) is 7.97. The number of hydrogen-bond donors (Lipinski definition) is 2. The number of hydrogen-bond acceptors (Lipinski definition) is 2. The van der Waals surface area contributed by atoms with Crippen molar-refractivity contribution in [1.82, 2.24) is 5.32 Å². The minimum absolute atomic E-state index is 0.169. The minimum atomic E-state index is 0.169. The molecule has 1 aliphatic carbocycles. The lowest BCUT2D eigenvalue weighted by atomic mass is 9.61. The topological polar surface area (TPSA) is 38.0 Å². The largest absolute Gasteiger partial charge is 0.325 e. The van der Waals surface area contributed by atoms with Crippen LogP contribution in [-0.2, 0) is 0 Å². The molecule has 2 aliphatic rings. The van der Waals surface area contributed by atoms with E-state index in [1.165, 1.54) is 38.8 Å². The fourth-order valence-electron chi connectivity index (χ4n) is 2.79. The van der Waals surface area contributed by atoms with Gasteiger partial charge in [0.15, 0.2) is 0 Å². The summed E-state index contributed by atoms with van der Waals surface area (Å²) >= 11 is 0. The maximum atomic E-state index is 6.18. The van der Waals surface area contributed by atoms with Gasteiger partial charge in [0.05, 0.1) is 0 Å². The lowest BCUT2D eigenvalue weighted by Gasteiger charge is -2.49. The van der Waals surface area contributed by atoms with E-state index in [9.17, 15) is 0 Å². The standard InChI is InChI=1S/C10H20N2/c1-10(11)5-2-9(10)8-3-6-12-7-4-8/h8-9,12H,2-7,11H2,1H3. The van der Waals surface area contributed by atoms with Gasteiger partial charge in [0, 0.05) is 5.54 Å². The molecule has 2 rings (SSSR count). The highest BCUT2D eigenvalue weighted by atomic mass is 14.9. The molecule has 0 bridgehead atoms. The molecule has 0 spiro atoms. The molecule has 0 amide bonds. The van der Waals surface area contributed by atoms with Crippen molar-refractivity contribution in [1.29, 1.82) is 0 Å². The molecule has 0 aromatic rings. The molecule has 2 fully saturated rings. The third-order valence-electron chi connectivity index (χ3n) is 3.79. The van der Waals surface area contributed by atoms with Crippen LogP contribution in [0.25, 0.3) is 0 Å². The zero-order valence-electron chi connectivity index (χ0n) is 7.97. The van der Waals surface area contributed by atoms with Gasteiger partial charge in [0.2, 0.25) is 0 Å². The zero-order chi connectivity index (χ0) is 8.60. The van der Waals surface area contributed by atoms with E-state index in [0.717, 1.165) is 11.8 Å². The number of rotatable bonds is 1. The fraction of sp³-hybridized carbons (Fsp3) is 1.00. The van der Waals surface area contributed by atoms with Crippen LogP contribution in [0.3, 0.4) is 0 Å². The summed E-state index contributed by atoms with van der Waals surface area (Å²) in [7, 11) is 0. The lowest BCUT2D eigenvalue weighted by molar-refractivity contribution is 0.0658. The molecule has 1 aliphatic heterocycles. The second-order valence-corrected chi connectivity index (χ2v) is 4.74. The summed E-state index contributed by atoms with van der Waals surface area (Å²) in [5, 5.41) is 3.40. The Morgan fingerprint density at radius 2 is 1.92 bits per heavy atom. The van der Waals surface area contributed by atoms with Crippen LogP contribution < -0.4 is 11.1 Å². The van der Waals surface area contributed by atoms with E-state index in [1.807, 2.05) is 0 Å². The second kappa shape index (κ2) is 3.00. The molecule has 0 radical (unpaired) electrons. The Bertz CT molecular complexity index is 159. The van der Waals surface area contributed by atoms with Crippen LogP contribution >= 0.6 is 0 Å². The first-order valence-corrected chi connectivity index (χ1v) is 5.20. The molecule has 3 N–H and O–H groups in total. The monoisotopic (exact) mass is 168 g/mol. The Kier molecular flexibility index (Phi) is 2.13. The van der Waals surface area contributed by atoms with E-state index < -0.39 is 0 Å². The van der Waals surface area contributed by atoms with Crippen LogP contribution in [0, 0.1) is 11.8 Å². The third kappa shape index (κ3) is 1.38. The summed E-state index contributed by atoms with van der Waals surface area (Å²) in [5.74, 6) is 1.73. The van der Waals surface area contributed by atoms with E-state index in [0.29, 0.717) is 0 Å². The van der Waals surface area contributed by atoms with Gasteiger partial charge >= 0.3 is 0 Å². The van der Waals surface area contributed by atoms with Gasteiger partial charge in [-0.05, 0) is 57.5 Å². The Labute approximate surface area is 74.9 Å². The second-order valence-electron chi connectivity index (χ2n) is 4.74. The van der Waals surface area contributed by atoms with E-state index >= 15 is 0 Å². The lowest BCUT2D eigenvalue weighted by Crippen LogP contribution is -2.56. The Morgan fingerprint density at radius 3 is 2.33 bits per heavy atom. The van der Waals surface area contributed by atoms with Crippen LogP contribution in [0.15, 0.2) is 0 Å². The molecular weight excluding hydrogens is 148 g/mol. The first-order valence-electron chi connectivity index (χ1n) is 5.20. The molecule has 1 saturated carbocycles. The highest BCUT2D eigenvalue weighted by molar-refractivity contribution is 5.00. The SMILES string of the molecule is CC1(N)CCC1C1CCNCC1. The summed E-state index contributed by atoms with van der Waals surface area (Å²) < 4.78 is 0. The molecule has 2 heteroatoms. The van der Waals surface area contributed by atoms with Crippen molar-refractivity contribution in [3.05, 3.63) is 0 Å². The van der Waals surface area contributed by atoms with Crippen LogP contribution in [0.4, 0.5) is 0 Å². The number of piperidine rings is 1. The predicted molar refractivity (Wildman–Crippen MR) is 50.9 cm³/mol. The molecular formula is C10H20N2. The molecule has 1 heterocycles. The van der Waals surface area contributed by atoms with Crippen molar-refractivity contribution in [2.75, 3.05) is 13.1 Å². The summed E-state index contributed by atoms with van der Waals surface area (Å²) in [5.41, 5.74) is 6.34. The van der Waals surface area contributed by atoms with E-state index in [2.05, 4.69) is 12.2 Å². The Hall–Kier alpha value is -0.0800. The summed E-state index contributed by atoms with van der Waals surface area (Å²) in [6.45, 7) is 4.64. The minimum Gasteiger partial charge on any atom is -0.325 e. The van der Waals surface area contributed by atoms with E-state index in [-0.39, 0.29) is 5.54 Å². The van der Waals surface area contributed by atoms with Gasteiger partial charge in [-0.15, -0.1) is 0 Å². The van der Waals surface area contributed by atoms with Gasteiger partial charge in [-0.25, -0.2) is 0 Å². The van der Waals surface area contributed by atoms with Crippen molar-refractivity contribution in [3.8, 4) is 0 Å². The highest BCUT2D eigenvalue weighted by Crippen LogP contribution is 2.43. The average molecular weight is 168 g/mol. The predicted octanol–water partition coefficient (Wildman–Crippen LogP) is 1.11. The quantitative estimate of drug-likeness (QED) is 0.615. The van der Waals surface area contributed by atoms with Crippen molar-refractivity contribution in [2.24, 2.45) is 17.6 Å². The van der Waals surface area contributed by atoms with Crippen molar-refractivity contribution < 1.29 is 0 Å². The first kappa shape index (κ1) is 8.52. The molecule has 12 heavy (non-hydrogen) atoms. The Morgan fingerprint density at radius 1 is 1.25 bits per heavy atom. The molecule has 2 unspecified atom stereocenters. The van der Waals surface area contributed by atoms with Crippen LogP contribution in [0.1, 0.15) is 32.6 Å². The molecule has 0 aromatic heterocycles. The van der Waals surface area contributed by atoms with Gasteiger partial charge in [-0.3, -0.25) is 0 Å². The van der Waals surface area contributed by atoms with Crippen LogP contribution in [-0.4, -0.2) is 18.6 Å². The first-order chi connectivity index (χ1) is 5.70. The van der Waals surface area contributed by atoms with Crippen molar-refractivity contribution in [2.45, 2.75) is 38.1 Å². The summed E-state index contributed by atoms with van der Waals surface area (Å²) in [6.07, 6.45) is 5.30. The van der Waals surface area contributed by atoms with Crippen molar-refractivity contribution >= 4 is 0 Å². The fourth-order valence-corrected chi connectivity index (χ4v) is 2.79. The average Bonchev–Trinajstić information content (AvgIpc) is 2.05. The normalized spacial score (nSPS) is 44.0. The van der Waals surface area contributed by atoms with Crippen LogP contribution in [0.5, 0.6) is 0 Å². The highest BCUT2D eigenvalue weighted by Gasteiger charge is 2.43. The van der Waals surface area contributed by atoms with Gasteiger partial charge in [0.1, 0.15) is 0 Å². The van der Waals surface area contributed by atoms with E-state index in [4.69, 9.17) is 5.73 Å². The molecule has 0 aromatic carbocycles. The maximum Gasteiger partial charge on any atom is 0.0157 e. The van der Waals surface area contributed by atoms with Crippen molar-refractivity contribution in [3.63, 3.8) is 0 Å². The summed E-state index contributed by atoms with van der Waals surface area (Å²) in [6, 6.07) is 0. The van der Waals surface area contributed by atoms with Crippen LogP contribution in [0.2, 0.25) is 0 Å². The maximum absolute atomic E-state index is 6.18. The van der Waals surface area contributed by atoms with Gasteiger partial charge in [-0.2, -0.15) is 0 Å². The smallest absolute Gasteiger partial charge is 0.0157 e. The summed E-state index contributed by atoms with van der Waals surface area (Å²) in [4.78, 5) is 0. The molecule has 2 nitrogen and oxygen atoms in total. The third-order valence-corrected chi connectivity index (χ3v) is 3.79. The molecule has 70 valence electrons. The number of nitrogens with one attached hydrogen (secondary N) is 1. The van der Waals surface area contributed by atoms with Gasteiger partial charge < -0.3 is 11.1 Å². The molecule has 2 atom stereocenters. The van der Waals surface area contributed by atoms with E-state index in [1.54, 1.807) is 0 Å². The molecule has 1 saturated heterocycles. The Balaban J connectivity index is 1.91.